The van der Waals surface area contributed by atoms with Crippen molar-refractivity contribution < 1.29 is 22.5 Å². The molecule has 0 radical (unpaired) electrons. The van der Waals surface area contributed by atoms with Crippen molar-refractivity contribution in [1.82, 2.24) is 0 Å². The van der Waals surface area contributed by atoms with Crippen LogP contribution in [-0.2, 0) is 10.1 Å². The number of rotatable bonds is 5. The number of esters is 1. The molecule has 2 aromatic rings. The van der Waals surface area contributed by atoms with Crippen molar-refractivity contribution in [3.63, 3.8) is 0 Å². The molecule has 0 amide bonds. The van der Waals surface area contributed by atoms with Crippen molar-refractivity contribution in [2.75, 3.05) is 0 Å². The van der Waals surface area contributed by atoms with Crippen molar-refractivity contribution in [1.29, 1.82) is 0 Å². The molecule has 0 aromatic heterocycles. The van der Waals surface area contributed by atoms with Gasteiger partial charge in [-0.2, -0.15) is 8.42 Å². The zero-order valence-corrected chi connectivity index (χ0v) is 16.2. The Bertz CT molecular complexity index is 877. The number of ether oxygens (including phenoxy) is 1. The summed E-state index contributed by atoms with van der Waals surface area (Å²) in [7, 11) is -4.37. The molecule has 1 N–H and O–H groups in total. The molecule has 6 heteroatoms. The van der Waals surface area contributed by atoms with Crippen LogP contribution in [0, 0.1) is 5.41 Å². The standard InChI is InChI=1S/C20H24O5S/c1-5-18(20(2,3)4)14-9-11-16(12-10-14)25-19(21)15-7-6-8-17(13-15)26(22,23)24/h6-13,18H,5H2,1-4H3,(H,22,23,24). The molecule has 5 nitrogen and oxygen atoms in total. The second kappa shape index (κ2) is 7.60. The number of carbonyl (C=O) groups is 1. The fraction of sp³-hybridized carbons (Fsp3) is 0.350. The van der Waals surface area contributed by atoms with Crippen LogP contribution in [0.15, 0.2) is 53.4 Å². The normalized spacial score (nSPS) is 13.3. The van der Waals surface area contributed by atoms with Gasteiger partial charge in [0.15, 0.2) is 0 Å². The van der Waals surface area contributed by atoms with Gasteiger partial charge in [-0.1, -0.05) is 45.9 Å². The average Bonchev–Trinajstić information content (AvgIpc) is 2.55. The summed E-state index contributed by atoms with van der Waals surface area (Å²) in [5, 5.41) is 0. The molecule has 0 aliphatic rings. The maximum atomic E-state index is 12.2. The van der Waals surface area contributed by atoms with E-state index in [1.165, 1.54) is 23.8 Å². The molecule has 0 spiro atoms. The molecule has 0 aliphatic heterocycles. The number of carbonyl (C=O) groups excluding carboxylic acids is 1. The van der Waals surface area contributed by atoms with Crippen molar-refractivity contribution >= 4 is 16.1 Å². The highest BCUT2D eigenvalue weighted by molar-refractivity contribution is 7.85. The van der Waals surface area contributed by atoms with E-state index in [0.717, 1.165) is 12.5 Å². The van der Waals surface area contributed by atoms with E-state index < -0.39 is 16.1 Å². The Kier molecular flexibility index (Phi) is 5.88. The lowest BCUT2D eigenvalue weighted by Gasteiger charge is -2.30. The molecule has 0 saturated heterocycles. The van der Waals surface area contributed by atoms with E-state index in [-0.39, 0.29) is 15.9 Å². The van der Waals surface area contributed by atoms with Gasteiger partial charge in [0.1, 0.15) is 5.75 Å². The fourth-order valence-electron chi connectivity index (χ4n) is 3.07. The van der Waals surface area contributed by atoms with Gasteiger partial charge in [-0.15, -0.1) is 0 Å². The van der Waals surface area contributed by atoms with E-state index in [0.29, 0.717) is 11.7 Å². The highest BCUT2D eigenvalue weighted by atomic mass is 32.2. The molecule has 1 atom stereocenters. The number of benzene rings is 2. The third-order valence-electron chi connectivity index (χ3n) is 4.31. The first-order valence-electron chi connectivity index (χ1n) is 8.42. The van der Waals surface area contributed by atoms with Gasteiger partial charge in [0.2, 0.25) is 0 Å². The van der Waals surface area contributed by atoms with Gasteiger partial charge in [0.05, 0.1) is 10.5 Å². The molecule has 26 heavy (non-hydrogen) atoms. The van der Waals surface area contributed by atoms with Gasteiger partial charge >= 0.3 is 5.97 Å². The molecular formula is C20H24O5S. The Labute approximate surface area is 154 Å². The quantitative estimate of drug-likeness (QED) is 0.465. The van der Waals surface area contributed by atoms with Gasteiger partial charge in [-0.05, 0) is 53.6 Å². The lowest BCUT2D eigenvalue weighted by Crippen LogP contribution is -2.17. The van der Waals surface area contributed by atoms with Crippen LogP contribution in [0.5, 0.6) is 5.75 Å². The molecule has 1 unspecified atom stereocenters. The van der Waals surface area contributed by atoms with Gasteiger partial charge in [0.25, 0.3) is 10.1 Å². The maximum absolute atomic E-state index is 12.2. The third kappa shape index (κ3) is 4.93. The maximum Gasteiger partial charge on any atom is 0.343 e. The summed E-state index contributed by atoms with van der Waals surface area (Å²) >= 11 is 0. The first-order chi connectivity index (χ1) is 12.0. The monoisotopic (exact) mass is 376 g/mol. The van der Waals surface area contributed by atoms with Crippen molar-refractivity contribution in [2.45, 2.75) is 44.9 Å². The summed E-state index contributed by atoms with van der Waals surface area (Å²) in [6, 6.07) is 12.4. The molecular weight excluding hydrogens is 352 g/mol. The van der Waals surface area contributed by atoms with E-state index in [2.05, 4.69) is 27.7 Å². The minimum atomic E-state index is -4.37. The van der Waals surface area contributed by atoms with Crippen LogP contribution >= 0.6 is 0 Å². The van der Waals surface area contributed by atoms with Gasteiger partial charge in [-0.25, -0.2) is 4.79 Å². The summed E-state index contributed by atoms with van der Waals surface area (Å²) < 4.78 is 36.7. The summed E-state index contributed by atoms with van der Waals surface area (Å²) in [5.41, 5.74) is 1.35. The summed E-state index contributed by atoms with van der Waals surface area (Å²) in [4.78, 5) is 11.9. The molecule has 2 aromatic carbocycles. The van der Waals surface area contributed by atoms with E-state index >= 15 is 0 Å². The van der Waals surface area contributed by atoms with Crippen LogP contribution in [-0.4, -0.2) is 18.9 Å². The van der Waals surface area contributed by atoms with Crippen LogP contribution in [0.4, 0.5) is 0 Å². The SMILES string of the molecule is CCC(c1ccc(OC(=O)c2cccc(S(=O)(=O)O)c2)cc1)C(C)(C)C. The third-order valence-corrected chi connectivity index (χ3v) is 5.16. The van der Waals surface area contributed by atoms with E-state index in [9.17, 15) is 13.2 Å². The largest absolute Gasteiger partial charge is 0.423 e. The predicted molar refractivity (Wildman–Crippen MR) is 100 cm³/mol. The Morgan fingerprint density at radius 1 is 1.12 bits per heavy atom. The molecule has 2 rings (SSSR count). The summed E-state index contributed by atoms with van der Waals surface area (Å²) in [6.45, 7) is 8.72. The summed E-state index contributed by atoms with van der Waals surface area (Å²) in [6.07, 6.45) is 1.01. The van der Waals surface area contributed by atoms with Crippen LogP contribution in [0.25, 0.3) is 0 Å². The second-order valence-electron chi connectivity index (χ2n) is 7.29. The zero-order valence-electron chi connectivity index (χ0n) is 15.4. The number of hydrogen-bond donors (Lipinski definition) is 1. The molecule has 0 saturated carbocycles. The Morgan fingerprint density at radius 3 is 2.23 bits per heavy atom. The molecule has 0 bridgehead atoms. The molecule has 140 valence electrons. The second-order valence-corrected chi connectivity index (χ2v) is 8.71. The smallest absolute Gasteiger partial charge is 0.343 e. The van der Waals surface area contributed by atoms with Crippen LogP contribution < -0.4 is 4.74 Å². The molecule has 0 fully saturated rings. The fourth-order valence-corrected chi connectivity index (χ4v) is 3.59. The van der Waals surface area contributed by atoms with Crippen molar-refractivity contribution in [3.8, 4) is 5.75 Å². The van der Waals surface area contributed by atoms with Crippen molar-refractivity contribution in [2.24, 2.45) is 5.41 Å². The number of hydrogen-bond acceptors (Lipinski definition) is 4. The highest BCUT2D eigenvalue weighted by Crippen LogP contribution is 2.37. The van der Waals surface area contributed by atoms with Crippen LogP contribution in [0.3, 0.4) is 0 Å². The van der Waals surface area contributed by atoms with Gasteiger partial charge in [0, 0.05) is 0 Å². The minimum absolute atomic E-state index is 0.0466. The Balaban J connectivity index is 2.18. The summed E-state index contributed by atoms with van der Waals surface area (Å²) in [5.74, 6) is 0.0737. The first kappa shape index (κ1) is 20.1. The van der Waals surface area contributed by atoms with Gasteiger partial charge < -0.3 is 4.74 Å². The average molecular weight is 376 g/mol. The predicted octanol–water partition coefficient (Wildman–Crippen LogP) is 4.69. The van der Waals surface area contributed by atoms with E-state index in [1.807, 2.05) is 12.1 Å². The van der Waals surface area contributed by atoms with Crippen LogP contribution in [0.2, 0.25) is 0 Å². The molecule has 0 aliphatic carbocycles. The zero-order chi connectivity index (χ0) is 19.5. The minimum Gasteiger partial charge on any atom is -0.423 e. The van der Waals surface area contributed by atoms with Crippen LogP contribution in [0.1, 0.15) is 56.0 Å². The van der Waals surface area contributed by atoms with E-state index in [1.54, 1.807) is 12.1 Å². The Morgan fingerprint density at radius 2 is 1.73 bits per heavy atom. The van der Waals surface area contributed by atoms with Crippen molar-refractivity contribution in [3.05, 3.63) is 59.7 Å². The lowest BCUT2D eigenvalue weighted by atomic mass is 9.75. The first-order valence-corrected chi connectivity index (χ1v) is 9.86. The molecule has 0 heterocycles. The highest BCUT2D eigenvalue weighted by Gasteiger charge is 2.24. The Hall–Kier alpha value is -2.18. The lowest BCUT2D eigenvalue weighted by molar-refractivity contribution is 0.0734. The topological polar surface area (TPSA) is 80.7 Å². The van der Waals surface area contributed by atoms with Gasteiger partial charge in [-0.3, -0.25) is 4.55 Å². The van der Waals surface area contributed by atoms with E-state index in [4.69, 9.17) is 9.29 Å².